The van der Waals surface area contributed by atoms with E-state index in [1.807, 2.05) is 0 Å². The van der Waals surface area contributed by atoms with Crippen LogP contribution in [0, 0.1) is 0 Å². The zero-order chi connectivity index (χ0) is 5.15. The van der Waals surface area contributed by atoms with Gasteiger partial charge in [0, 0.05) is 6.04 Å². The lowest BCUT2D eigenvalue weighted by molar-refractivity contribution is 0.158. The highest BCUT2D eigenvalue weighted by atomic mass is 16.3. The molecule has 1 unspecified atom stereocenters. The molecule has 3 nitrogen and oxygen atoms in total. The molecule has 0 amide bonds. The van der Waals surface area contributed by atoms with Gasteiger partial charge in [0.2, 0.25) is 0 Å². The number of hydrogen-bond donors (Lipinski definition) is 3. The van der Waals surface area contributed by atoms with Crippen molar-refractivity contribution in [3.05, 3.63) is 0 Å². The third-order valence-corrected chi connectivity index (χ3v) is 0.539. The van der Waals surface area contributed by atoms with Crippen molar-refractivity contribution in [1.82, 2.24) is 0 Å². The van der Waals surface area contributed by atoms with Gasteiger partial charge in [0.05, 0.1) is 0 Å². The summed E-state index contributed by atoms with van der Waals surface area (Å²) in [5.74, 6) is 0. The Morgan fingerprint density at radius 2 is 1.67 bits per heavy atom. The fraction of sp³-hybridized carbons (Fsp3) is 1.00. The van der Waals surface area contributed by atoms with Crippen molar-refractivity contribution < 1.29 is 5.11 Å². The molecule has 0 aliphatic rings. The van der Waals surface area contributed by atoms with E-state index in [1.165, 1.54) is 0 Å². The zero-order valence-electron chi connectivity index (χ0n) is 3.76. The van der Waals surface area contributed by atoms with Crippen LogP contribution in [0.3, 0.4) is 0 Å². The molecule has 3 heteroatoms. The topological polar surface area (TPSA) is 72.3 Å². The Morgan fingerprint density at radius 1 is 1.50 bits per heavy atom. The van der Waals surface area contributed by atoms with Crippen molar-refractivity contribution >= 4 is 0 Å². The highest BCUT2D eigenvalue weighted by molar-refractivity contribution is 4.55. The summed E-state index contributed by atoms with van der Waals surface area (Å²) in [7, 11) is 0. The lowest BCUT2D eigenvalue weighted by Gasteiger charge is -2.05. The summed E-state index contributed by atoms with van der Waals surface area (Å²) in [6.45, 7) is 1.64. The maximum atomic E-state index is 8.28. The van der Waals surface area contributed by atoms with E-state index in [0.29, 0.717) is 0 Å². The van der Waals surface area contributed by atoms with E-state index in [1.54, 1.807) is 6.92 Å². The minimum Gasteiger partial charge on any atom is -0.377 e. The molecule has 0 bridgehead atoms. The molecule has 0 spiro atoms. The predicted molar refractivity (Wildman–Crippen MR) is 23.8 cm³/mol. The lowest BCUT2D eigenvalue weighted by Crippen LogP contribution is -2.38. The molecule has 0 heterocycles. The summed E-state index contributed by atoms with van der Waals surface area (Å²) in [6.07, 6.45) is -0.870. The maximum absolute atomic E-state index is 8.28. The first-order valence-electron chi connectivity index (χ1n) is 1.84. The van der Waals surface area contributed by atoms with Gasteiger partial charge in [0.1, 0.15) is 6.23 Å². The molecule has 0 aliphatic carbocycles. The molecule has 6 heavy (non-hydrogen) atoms. The van der Waals surface area contributed by atoms with Gasteiger partial charge in [-0.1, -0.05) is 0 Å². The van der Waals surface area contributed by atoms with E-state index in [4.69, 9.17) is 16.6 Å². The highest BCUT2D eigenvalue weighted by Crippen LogP contribution is 1.73. The van der Waals surface area contributed by atoms with Gasteiger partial charge in [0.15, 0.2) is 0 Å². The minimum atomic E-state index is -0.870. The molecular weight excluding hydrogens is 80.0 g/mol. The molecule has 0 aromatic carbocycles. The molecular formula is C3H10N2O. The van der Waals surface area contributed by atoms with E-state index >= 15 is 0 Å². The van der Waals surface area contributed by atoms with Crippen LogP contribution in [0.5, 0.6) is 0 Å². The summed E-state index contributed by atoms with van der Waals surface area (Å²) in [4.78, 5) is 0. The lowest BCUT2D eigenvalue weighted by atomic mass is 10.3. The molecule has 0 aliphatic heterocycles. The van der Waals surface area contributed by atoms with Crippen LogP contribution in [0.15, 0.2) is 0 Å². The number of hydrogen-bond acceptors (Lipinski definition) is 3. The largest absolute Gasteiger partial charge is 0.377 e. The van der Waals surface area contributed by atoms with Crippen LogP contribution < -0.4 is 11.5 Å². The van der Waals surface area contributed by atoms with E-state index in [-0.39, 0.29) is 6.04 Å². The van der Waals surface area contributed by atoms with Gasteiger partial charge in [-0.05, 0) is 6.92 Å². The third-order valence-electron chi connectivity index (χ3n) is 0.539. The first-order chi connectivity index (χ1) is 2.64. The Balaban J connectivity index is 2.99. The Morgan fingerprint density at radius 3 is 1.67 bits per heavy atom. The summed E-state index contributed by atoms with van der Waals surface area (Å²) < 4.78 is 0. The third kappa shape index (κ3) is 2.14. The molecule has 0 aromatic heterocycles. The minimum absolute atomic E-state index is 0.315. The molecule has 38 valence electrons. The summed E-state index contributed by atoms with van der Waals surface area (Å²) in [6, 6.07) is -0.315. The second kappa shape index (κ2) is 2.12. The zero-order valence-corrected chi connectivity index (χ0v) is 3.76. The number of aliphatic hydroxyl groups excluding tert-OH is 1. The first-order valence-corrected chi connectivity index (χ1v) is 1.84. The van der Waals surface area contributed by atoms with Gasteiger partial charge >= 0.3 is 0 Å². The van der Waals surface area contributed by atoms with Crippen LogP contribution in [-0.2, 0) is 0 Å². The quantitative estimate of drug-likeness (QED) is 0.347. The Hall–Kier alpha value is -0.120. The van der Waals surface area contributed by atoms with Crippen molar-refractivity contribution in [3.8, 4) is 0 Å². The van der Waals surface area contributed by atoms with Crippen LogP contribution in [0.2, 0.25) is 0 Å². The van der Waals surface area contributed by atoms with E-state index < -0.39 is 6.23 Å². The van der Waals surface area contributed by atoms with Crippen LogP contribution in [0.4, 0.5) is 0 Å². The van der Waals surface area contributed by atoms with Crippen molar-refractivity contribution in [2.45, 2.75) is 19.2 Å². The molecule has 0 saturated carbocycles. The normalized spacial score (nSPS) is 20.0. The van der Waals surface area contributed by atoms with Crippen molar-refractivity contribution in [1.29, 1.82) is 0 Å². The Labute approximate surface area is 36.9 Å². The van der Waals surface area contributed by atoms with Crippen LogP contribution in [-0.4, -0.2) is 17.4 Å². The number of rotatable bonds is 1. The molecule has 0 rings (SSSR count). The van der Waals surface area contributed by atoms with Gasteiger partial charge in [-0.25, -0.2) is 0 Å². The van der Waals surface area contributed by atoms with E-state index in [9.17, 15) is 0 Å². The van der Waals surface area contributed by atoms with Crippen LogP contribution in [0.25, 0.3) is 0 Å². The van der Waals surface area contributed by atoms with Gasteiger partial charge in [0.25, 0.3) is 0 Å². The van der Waals surface area contributed by atoms with E-state index in [0.717, 1.165) is 0 Å². The average Bonchev–Trinajstić information content (AvgIpc) is 1.36. The predicted octanol–water partition coefficient (Wildman–Crippen LogP) is -1.39. The monoisotopic (exact) mass is 90.1 g/mol. The smallest absolute Gasteiger partial charge is 0.117 e. The molecule has 0 aromatic rings. The standard InChI is InChI=1S/C3H10N2O/c1-2(4)3(5)6/h2-3,6H,4-5H2,1H3/t2-,3?/m1/s1. The molecule has 2 atom stereocenters. The van der Waals surface area contributed by atoms with Crippen LogP contribution >= 0.6 is 0 Å². The fourth-order valence-corrected chi connectivity index (χ4v) is 0. The van der Waals surface area contributed by atoms with Gasteiger partial charge in [-0.3, -0.25) is 0 Å². The Bertz CT molecular complexity index is 29.8. The van der Waals surface area contributed by atoms with Crippen molar-refractivity contribution in [3.63, 3.8) is 0 Å². The average molecular weight is 90.1 g/mol. The Kier molecular flexibility index (Phi) is 2.08. The fourth-order valence-electron chi connectivity index (χ4n) is 0. The molecule has 0 saturated heterocycles. The van der Waals surface area contributed by atoms with Gasteiger partial charge < -0.3 is 16.6 Å². The van der Waals surface area contributed by atoms with Crippen molar-refractivity contribution in [2.24, 2.45) is 11.5 Å². The first kappa shape index (κ1) is 5.88. The summed E-state index contributed by atoms with van der Waals surface area (Å²) in [5.41, 5.74) is 9.93. The van der Waals surface area contributed by atoms with Gasteiger partial charge in [-0.2, -0.15) is 0 Å². The summed E-state index contributed by atoms with van der Waals surface area (Å²) in [5, 5.41) is 8.28. The highest BCUT2D eigenvalue weighted by Gasteiger charge is 1.98. The van der Waals surface area contributed by atoms with Gasteiger partial charge in [-0.15, -0.1) is 0 Å². The van der Waals surface area contributed by atoms with E-state index in [2.05, 4.69) is 0 Å². The SMILES string of the molecule is C[C@@H](N)C(N)O. The molecule has 0 fully saturated rings. The molecule has 0 radical (unpaired) electrons. The second-order valence-electron chi connectivity index (χ2n) is 1.35. The molecule has 5 N–H and O–H groups in total. The summed E-state index contributed by atoms with van der Waals surface area (Å²) >= 11 is 0. The van der Waals surface area contributed by atoms with Crippen molar-refractivity contribution in [2.75, 3.05) is 0 Å². The second-order valence-corrected chi connectivity index (χ2v) is 1.35. The number of nitrogens with two attached hydrogens (primary N) is 2. The number of aliphatic hydroxyl groups is 1. The maximum Gasteiger partial charge on any atom is 0.117 e. The van der Waals surface area contributed by atoms with Crippen LogP contribution in [0.1, 0.15) is 6.92 Å².